The predicted octanol–water partition coefficient (Wildman–Crippen LogP) is 0.370. The predicted molar refractivity (Wildman–Crippen MR) is 52.5 cm³/mol. The van der Waals surface area contributed by atoms with Crippen LogP contribution in [0.15, 0.2) is 10.6 Å². The molecule has 0 amide bonds. The third kappa shape index (κ3) is 1.63. The molecule has 5 heteroatoms. The van der Waals surface area contributed by atoms with Crippen molar-refractivity contribution in [2.75, 3.05) is 32.1 Å². The van der Waals surface area contributed by atoms with Gasteiger partial charge >= 0.3 is 0 Å². The number of hydrogen-bond donors (Lipinski definition) is 0. The van der Waals surface area contributed by atoms with Gasteiger partial charge in [0.25, 0.3) is 0 Å². The van der Waals surface area contributed by atoms with Crippen LogP contribution in [-0.4, -0.2) is 42.7 Å². The van der Waals surface area contributed by atoms with Crippen molar-refractivity contribution in [2.24, 2.45) is 0 Å². The lowest BCUT2D eigenvalue weighted by Gasteiger charge is -2.29. The molecule has 0 atom stereocenters. The summed E-state index contributed by atoms with van der Waals surface area (Å²) in [5, 5.41) is 9.69. The Morgan fingerprint density at radius 3 is 2.79 bits per heavy atom. The zero-order valence-corrected chi connectivity index (χ0v) is 8.47. The van der Waals surface area contributed by atoms with Crippen molar-refractivity contribution >= 4 is 17.5 Å². The Bertz CT molecular complexity index is 326. The van der Waals surface area contributed by atoms with E-state index in [2.05, 4.69) is 4.90 Å². The molecule has 2 rings (SSSR count). The summed E-state index contributed by atoms with van der Waals surface area (Å²) in [6.07, 6.45) is 0. The summed E-state index contributed by atoms with van der Waals surface area (Å²) in [5.74, 6) is 0.370. The summed E-state index contributed by atoms with van der Waals surface area (Å²) in [6.45, 7) is 2.91. The van der Waals surface area contributed by atoms with Crippen molar-refractivity contribution in [1.29, 1.82) is 5.26 Å². The van der Waals surface area contributed by atoms with Crippen molar-refractivity contribution in [1.82, 2.24) is 4.90 Å². The standard InChI is InChI=1S/C9H10N2O2S/c10-5-7-8(12)6-14-9(7)11-1-3-13-4-2-11/h1-4,6H2. The van der Waals surface area contributed by atoms with Gasteiger partial charge < -0.3 is 9.64 Å². The SMILES string of the molecule is N#CC1=C(N2CCOCC2)SCC1=O. The molecule has 74 valence electrons. The zero-order valence-electron chi connectivity index (χ0n) is 7.65. The Labute approximate surface area is 86.5 Å². The van der Waals surface area contributed by atoms with Gasteiger partial charge in [0.1, 0.15) is 11.6 Å². The van der Waals surface area contributed by atoms with E-state index in [1.54, 1.807) is 0 Å². The van der Waals surface area contributed by atoms with Crippen molar-refractivity contribution < 1.29 is 9.53 Å². The molecule has 0 saturated carbocycles. The quantitative estimate of drug-likeness (QED) is 0.626. The van der Waals surface area contributed by atoms with E-state index in [4.69, 9.17) is 10.00 Å². The minimum absolute atomic E-state index is 0.0426. The maximum atomic E-state index is 11.3. The minimum Gasteiger partial charge on any atom is -0.378 e. The van der Waals surface area contributed by atoms with E-state index in [9.17, 15) is 4.79 Å². The number of ether oxygens (including phenoxy) is 1. The summed E-state index contributed by atoms with van der Waals surface area (Å²) in [4.78, 5) is 13.4. The fraction of sp³-hybridized carbons (Fsp3) is 0.556. The van der Waals surface area contributed by atoms with Crippen LogP contribution in [0.3, 0.4) is 0 Å². The maximum Gasteiger partial charge on any atom is 0.186 e. The third-order valence-corrected chi connectivity index (χ3v) is 3.39. The summed E-state index contributed by atoms with van der Waals surface area (Å²) >= 11 is 1.47. The maximum absolute atomic E-state index is 11.3. The molecule has 0 aromatic rings. The van der Waals surface area contributed by atoms with Gasteiger partial charge in [0, 0.05) is 13.1 Å². The molecular formula is C9H10N2O2S. The number of ketones is 1. The van der Waals surface area contributed by atoms with Gasteiger partial charge in [0.15, 0.2) is 5.78 Å². The summed E-state index contributed by atoms with van der Waals surface area (Å²) in [6, 6.07) is 1.99. The van der Waals surface area contributed by atoms with Gasteiger partial charge in [-0.3, -0.25) is 4.79 Å². The molecule has 1 fully saturated rings. The van der Waals surface area contributed by atoms with Crippen LogP contribution in [0, 0.1) is 11.3 Å². The molecular weight excluding hydrogens is 200 g/mol. The number of Topliss-reactive ketones (excluding diaryl/α,β-unsaturated/α-hetero) is 1. The van der Waals surface area contributed by atoms with Gasteiger partial charge in [-0.2, -0.15) is 5.26 Å². The van der Waals surface area contributed by atoms with Crippen molar-refractivity contribution in [3.63, 3.8) is 0 Å². The normalized spacial score (nSPS) is 22.8. The van der Waals surface area contributed by atoms with E-state index in [0.29, 0.717) is 24.5 Å². The Morgan fingerprint density at radius 1 is 1.43 bits per heavy atom. The van der Waals surface area contributed by atoms with E-state index in [1.165, 1.54) is 11.8 Å². The van der Waals surface area contributed by atoms with Gasteiger partial charge in [0.2, 0.25) is 0 Å². The molecule has 0 radical (unpaired) electrons. The highest BCUT2D eigenvalue weighted by Gasteiger charge is 2.28. The van der Waals surface area contributed by atoms with Crippen molar-refractivity contribution in [3.05, 3.63) is 10.6 Å². The monoisotopic (exact) mass is 210 g/mol. The zero-order chi connectivity index (χ0) is 9.97. The number of nitriles is 1. The van der Waals surface area contributed by atoms with Crippen molar-refractivity contribution in [3.8, 4) is 6.07 Å². The van der Waals surface area contributed by atoms with Crippen LogP contribution < -0.4 is 0 Å². The number of thioether (sulfide) groups is 1. The fourth-order valence-electron chi connectivity index (χ4n) is 1.52. The van der Waals surface area contributed by atoms with E-state index in [0.717, 1.165) is 18.1 Å². The second kappa shape index (κ2) is 4.03. The van der Waals surface area contributed by atoms with Crippen LogP contribution in [0.25, 0.3) is 0 Å². The molecule has 4 nitrogen and oxygen atoms in total. The van der Waals surface area contributed by atoms with Gasteiger partial charge in [0.05, 0.1) is 24.0 Å². The second-order valence-corrected chi connectivity index (χ2v) is 4.07. The van der Waals surface area contributed by atoms with E-state index in [1.807, 2.05) is 6.07 Å². The van der Waals surface area contributed by atoms with E-state index < -0.39 is 0 Å². The molecule has 0 aliphatic carbocycles. The molecule has 0 aromatic carbocycles. The molecule has 0 spiro atoms. The largest absolute Gasteiger partial charge is 0.378 e. The van der Waals surface area contributed by atoms with Gasteiger partial charge in [-0.15, -0.1) is 0 Å². The number of carbonyl (C=O) groups is 1. The van der Waals surface area contributed by atoms with E-state index in [-0.39, 0.29) is 5.78 Å². The number of hydrogen-bond acceptors (Lipinski definition) is 5. The molecule has 0 unspecified atom stereocenters. The highest BCUT2D eigenvalue weighted by atomic mass is 32.2. The van der Waals surface area contributed by atoms with Crippen LogP contribution in [0.5, 0.6) is 0 Å². The van der Waals surface area contributed by atoms with Gasteiger partial charge in [-0.1, -0.05) is 11.8 Å². The Hall–Kier alpha value is -0.990. The summed E-state index contributed by atoms with van der Waals surface area (Å²) in [5.41, 5.74) is 0.330. The Balaban J connectivity index is 2.19. The number of carbonyl (C=O) groups excluding carboxylic acids is 1. The minimum atomic E-state index is -0.0426. The van der Waals surface area contributed by atoms with Crippen LogP contribution in [0.4, 0.5) is 0 Å². The number of nitrogens with zero attached hydrogens (tertiary/aromatic N) is 2. The second-order valence-electron chi connectivity index (χ2n) is 3.10. The van der Waals surface area contributed by atoms with Crippen LogP contribution in [0.1, 0.15) is 0 Å². The first kappa shape index (κ1) is 9.56. The molecule has 14 heavy (non-hydrogen) atoms. The molecule has 0 bridgehead atoms. The van der Waals surface area contributed by atoms with Gasteiger partial charge in [-0.05, 0) is 0 Å². The Morgan fingerprint density at radius 2 is 2.14 bits per heavy atom. The smallest absolute Gasteiger partial charge is 0.186 e. The molecule has 2 aliphatic heterocycles. The first-order chi connectivity index (χ1) is 6.83. The molecule has 2 heterocycles. The Kier molecular flexibility index (Phi) is 2.75. The summed E-state index contributed by atoms with van der Waals surface area (Å²) < 4.78 is 5.21. The summed E-state index contributed by atoms with van der Waals surface area (Å²) in [7, 11) is 0. The molecule has 2 aliphatic rings. The van der Waals surface area contributed by atoms with Crippen LogP contribution in [-0.2, 0) is 9.53 Å². The topological polar surface area (TPSA) is 53.3 Å². The molecule has 0 N–H and O–H groups in total. The fourth-order valence-corrected chi connectivity index (χ4v) is 2.60. The first-order valence-electron chi connectivity index (χ1n) is 4.46. The average molecular weight is 210 g/mol. The number of rotatable bonds is 1. The number of allylic oxidation sites excluding steroid dienone is 1. The number of morpholine rings is 1. The molecule has 0 aromatic heterocycles. The van der Waals surface area contributed by atoms with Gasteiger partial charge in [-0.25, -0.2) is 0 Å². The average Bonchev–Trinajstić information content (AvgIpc) is 2.61. The van der Waals surface area contributed by atoms with Crippen LogP contribution >= 0.6 is 11.8 Å². The van der Waals surface area contributed by atoms with Crippen LogP contribution in [0.2, 0.25) is 0 Å². The highest BCUT2D eigenvalue weighted by Crippen LogP contribution is 2.31. The lowest BCUT2D eigenvalue weighted by Crippen LogP contribution is -2.34. The first-order valence-corrected chi connectivity index (χ1v) is 5.44. The van der Waals surface area contributed by atoms with E-state index >= 15 is 0 Å². The lowest BCUT2D eigenvalue weighted by atomic mass is 10.2. The molecule has 1 saturated heterocycles. The third-order valence-electron chi connectivity index (χ3n) is 2.24. The highest BCUT2D eigenvalue weighted by molar-refractivity contribution is 8.04. The van der Waals surface area contributed by atoms with Crippen molar-refractivity contribution in [2.45, 2.75) is 0 Å². The lowest BCUT2D eigenvalue weighted by molar-refractivity contribution is -0.112.